The van der Waals surface area contributed by atoms with Crippen molar-refractivity contribution in [3.05, 3.63) is 65.0 Å². The number of hydrogen-bond acceptors (Lipinski definition) is 2. The molecule has 0 spiro atoms. The van der Waals surface area contributed by atoms with Gasteiger partial charge in [0.1, 0.15) is 0 Å². The molecule has 2 rings (SSSR count). The Hall–Kier alpha value is -1.67. The van der Waals surface area contributed by atoms with Crippen LogP contribution < -0.4 is 5.73 Å². The molecule has 1 aromatic heterocycles. The Kier molecular flexibility index (Phi) is 3.32. The van der Waals surface area contributed by atoms with E-state index in [9.17, 15) is 0 Å². The maximum Gasteiger partial charge on any atom is 0.0303 e. The third kappa shape index (κ3) is 2.47. The van der Waals surface area contributed by atoms with Gasteiger partial charge in [-0.05, 0) is 41.7 Å². The Morgan fingerprint density at radius 3 is 2.75 bits per heavy atom. The van der Waals surface area contributed by atoms with Gasteiger partial charge in [-0.25, -0.2) is 0 Å². The van der Waals surface area contributed by atoms with Crippen LogP contribution in [-0.4, -0.2) is 4.98 Å². The third-order valence-corrected chi connectivity index (χ3v) is 2.77. The van der Waals surface area contributed by atoms with Gasteiger partial charge >= 0.3 is 0 Å². The number of nitrogens with two attached hydrogens (primary N) is 1. The van der Waals surface area contributed by atoms with Gasteiger partial charge in [0.2, 0.25) is 0 Å². The standard InChI is InChI=1S/C14H16N2/c1-11-4-5-12(9-15)7-14(11)8-13-3-2-6-16-10-13/h2-7,10H,8-9,15H2,1H3. The van der Waals surface area contributed by atoms with Gasteiger partial charge in [-0.3, -0.25) is 4.98 Å². The summed E-state index contributed by atoms with van der Waals surface area (Å²) in [4.78, 5) is 4.13. The Morgan fingerprint density at radius 2 is 2.06 bits per heavy atom. The van der Waals surface area contributed by atoms with Gasteiger partial charge < -0.3 is 5.73 Å². The number of aryl methyl sites for hydroxylation is 1. The van der Waals surface area contributed by atoms with E-state index < -0.39 is 0 Å². The first-order valence-corrected chi connectivity index (χ1v) is 5.47. The molecular formula is C14H16N2. The number of rotatable bonds is 3. The molecule has 0 saturated carbocycles. The lowest BCUT2D eigenvalue weighted by Crippen LogP contribution is -1.99. The quantitative estimate of drug-likeness (QED) is 0.848. The van der Waals surface area contributed by atoms with Gasteiger partial charge in [-0.15, -0.1) is 0 Å². The zero-order valence-electron chi connectivity index (χ0n) is 9.48. The van der Waals surface area contributed by atoms with E-state index in [4.69, 9.17) is 5.73 Å². The highest BCUT2D eigenvalue weighted by atomic mass is 14.6. The second-order valence-electron chi connectivity index (χ2n) is 4.00. The SMILES string of the molecule is Cc1ccc(CN)cc1Cc1cccnc1. The van der Waals surface area contributed by atoms with Gasteiger partial charge in [-0.2, -0.15) is 0 Å². The minimum atomic E-state index is 0.598. The average molecular weight is 212 g/mol. The van der Waals surface area contributed by atoms with Crippen LogP contribution in [0.25, 0.3) is 0 Å². The number of aromatic nitrogens is 1. The molecule has 0 aliphatic heterocycles. The van der Waals surface area contributed by atoms with Crippen LogP contribution in [0.4, 0.5) is 0 Å². The van der Waals surface area contributed by atoms with Crippen LogP contribution in [-0.2, 0) is 13.0 Å². The minimum absolute atomic E-state index is 0.598. The molecule has 0 amide bonds. The monoisotopic (exact) mass is 212 g/mol. The number of benzene rings is 1. The Bertz CT molecular complexity index is 463. The molecule has 0 atom stereocenters. The van der Waals surface area contributed by atoms with Gasteiger partial charge in [0.25, 0.3) is 0 Å². The fraction of sp³-hybridized carbons (Fsp3) is 0.214. The van der Waals surface area contributed by atoms with Crippen molar-refractivity contribution in [2.24, 2.45) is 5.73 Å². The van der Waals surface area contributed by atoms with Crippen molar-refractivity contribution in [3.63, 3.8) is 0 Å². The molecule has 0 bridgehead atoms. The van der Waals surface area contributed by atoms with Crippen LogP contribution in [0, 0.1) is 6.92 Å². The zero-order chi connectivity index (χ0) is 11.4. The summed E-state index contributed by atoms with van der Waals surface area (Å²) in [7, 11) is 0. The summed E-state index contributed by atoms with van der Waals surface area (Å²) in [6.45, 7) is 2.73. The van der Waals surface area contributed by atoms with Crippen molar-refractivity contribution >= 4 is 0 Å². The fourth-order valence-electron chi connectivity index (χ4n) is 1.76. The second-order valence-corrected chi connectivity index (χ2v) is 4.00. The van der Waals surface area contributed by atoms with Crippen molar-refractivity contribution in [2.75, 3.05) is 0 Å². The molecule has 2 aromatic rings. The summed E-state index contributed by atoms with van der Waals surface area (Å²) in [5.74, 6) is 0. The number of hydrogen-bond donors (Lipinski definition) is 1. The summed E-state index contributed by atoms with van der Waals surface area (Å²) < 4.78 is 0. The second kappa shape index (κ2) is 4.90. The summed E-state index contributed by atoms with van der Waals surface area (Å²) in [5, 5.41) is 0. The molecule has 0 aliphatic rings. The van der Waals surface area contributed by atoms with Crippen LogP contribution in [0.1, 0.15) is 22.3 Å². The lowest BCUT2D eigenvalue weighted by molar-refractivity contribution is 1.04. The van der Waals surface area contributed by atoms with Crippen molar-refractivity contribution in [1.29, 1.82) is 0 Å². The lowest BCUT2D eigenvalue weighted by Gasteiger charge is -2.07. The van der Waals surface area contributed by atoms with E-state index in [1.54, 1.807) is 6.20 Å². The summed E-state index contributed by atoms with van der Waals surface area (Å²) in [6, 6.07) is 10.5. The smallest absolute Gasteiger partial charge is 0.0303 e. The molecular weight excluding hydrogens is 196 g/mol. The zero-order valence-corrected chi connectivity index (χ0v) is 9.48. The molecule has 2 heteroatoms. The maximum atomic E-state index is 5.65. The van der Waals surface area contributed by atoms with Crippen LogP contribution in [0.2, 0.25) is 0 Å². The van der Waals surface area contributed by atoms with Crippen molar-refractivity contribution in [2.45, 2.75) is 19.9 Å². The van der Waals surface area contributed by atoms with Gasteiger partial charge in [0.15, 0.2) is 0 Å². The fourth-order valence-corrected chi connectivity index (χ4v) is 1.76. The number of nitrogens with zero attached hydrogens (tertiary/aromatic N) is 1. The van der Waals surface area contributed by atoms with Crippen molar-refractivity contribution < 1.29 is 0 Å². The molecule has 1 aromatic carbocycles. The lowest BCUT2D eigenvalue weighted by atomic mass is 9.99. The van der Waals surface area contributed by atoms with Gasteiger partial charge in [-0.1, -0.05) is 24.3 Å². The number of pyridine rings is 1. The predicted molar refractivity (Wildman–Crippen MR) is 66.1 cm³/mol. The maximum absolute atomic E-state index is 5.65. The highest BCUT2D eigenvalue weighted by Crippen LogP contribution is 2.15. The molecule has 16 heavy (non-hydrogen) atoms. The first kappa shape index (κ1) is 10.8. The van der Waals surface area contributed by atoms with Crippen LogP contribution >= 0.6 is 0 Å². The van der Waals surface area contributed by atoms with Crippen LogP contribution in [0.5, 0.6) is 0 Å². The van der Waals surface area contributed by atoms with Crippen molar-refractivity contribution in [3.8, 4) is 0 Å². The first-order chi connectivity index (χ1) is 7.79. The van der Waals surface area contributed by atoms with Crippen LogP contribution in [0.15, 0.2) is 42.7 Å². The Balaban J connectivity index is 2.27. The normalized spacial score (nSPS) is 10.4. The molecule has 0 fully saturated rings. The molecule has 0 radical (unpaired) electrons. The predicted octanol–water partition coefficient (Wildman–Crippen LogP) is 2.44. The van der Waals surface area contributed by atoms with E-state index in [-0.39, 0.29) is 0 Å². The third-order valence-electron chi connectivity index (χ3n) is 2.77. The first-order valence-electron chi connectivity index (χ1n) is 5.47. The highest BCUT2D eigenvalue weighted by molar-refractivity contribution is 5.34. The van der Waals surface area contributed by atoms with Gasteiger partial charge in [0, 0.05) is 18.9 Å². The summed E-state index contributed by atoms with van der Waals surface area (Å²) in [5.41, 5.74) is 10.7. The summed E-state index contributed by atoms with van der Waals surface area (Å²) >= 11 is 0. The van der Waals surface area contributed by atoms with E-state index >= 15 is 0 Å². The van der Waals surface area contributed by atoms with Crippen molar-refractivity contribution in [1.82, 2.24) is 4.98 Å². The van der Waals surface area contributed by atoms with E-state index in [1.165, 1.54) is 22.3 Å². The van der Waals surface area contributed by atoms with E-state index in [2.05, 4.69) is 36.2 Å². The molecule has 2 N–H and O–H groups in total. The van der Waals surface area contributed by atoms with Crippen LogP contribution in [0.3, 0.4) is 0 Å². The largest absolute Gasteiger partial charge is 0.326 e. The molecule has 0 aliphatic carbocycles. The molecule has 0 saturated heterocycles. The highest BCUT2D eigenvalue weighted by Gasteiger charge is 2.01. The van der Waals surface area contributed by atoms with E-state index in [0.717, 1.165) is 6.42 Å². The van der Waals surface area contributed by atoms with Gasteiger partial charge in [0.05, 0.1) is 0 Å². The summed E-state index contributed by atoms with van der Waals surface area (Å²) in [6.07, 6.45) is 4.63. The topological polar surface area (TPSA) is 38.9 Å². The minimum Gasteiger partial charge on any atom is -0.326 e. The molecule has 2 nitrogen and oxygen atoms in total. The van der Waals surface area contributed by atoms with E-state index in [1.807, 2.05) is 12.3 Å². The molecule has 82 valence electrons. The van der Waals surface area contributed by atoms with E-state index in [0.29, 0.717) is 6.54 Å². The average Bonchev–Trinajstić information content (AvgIpc) is 2.33. The Labute approximate surface area is 96.1 Å². The molecule has 0 unspecified atom stereocenters. The Morgan fingerprint density at radius 1 is 1.19 bits per heavy atom. The molecule has 1 heterocycles.